The lowest BCUT2D eigenvalue weighted by Gasteiger charge is -2.39. The zero-order valence-electron chi connectivity index (χ0n) is 17.5. The predicted octanol–water partition coefficient (Wildman–Crippen LogP) is 4.36. The van der Waals surface area contributed by atoms with Crippen LogP contribution in [-0.4, -0.2) is 29.7 Å². The fourth-order valence-electron chi connectivity index (χ4n) is 3.84. The molecule has 0 unspecified atom stereocenters. The van der Waals surface area contributed by atoms with Gasteiger partial charge in [-0.25, -0.2) is 0 Å². The van der Waals surface area contributed by atoms with Crippen molar-refractivity contribution in [3.63, 3.8) is 0 Å². The van der Waals surface area contributed by atoms with Crippen LogP contribution in [0.2, 0.25) is 0 Å². The van der Waals surface area contributed by atoms with Gasteiger partial charge < -0.3 is 9.84 Å². The molecule has 0 amide bonds. The van der Waals surface area contributed by atoms with E-state index in [9.17, 15) is 14.7 Å². The third kappa shape index (κ3) is 5.19. The fraction of sp³-hybridized carbons (Fsp3) is 0.231. The van der Waals surface area contributed by atoms with Gasteiger partial charge in [0.15, 0.2) is 0 Å². The van der Waals surface area contributed by atoms with E-state index in [0.29, 0.717) is 0 Å². The Morgan fingerprint density at radius 3 is 1.61 bits per heavy atom. The van der Waals surface area contributed by atoms with E-state index >= 15 is 0 Å². The largest absolute Gasteiger partial charge is 0.481 e. The van der Waals surface area contributed by atoms with Gasteiger partial charge in [0.05, 0.1) is 12.1 Å². The molecule has 3 rings (SSSR count). The average molecular weight is 418 g/mol. The maximum absolute atomic E-state index is 12.8. The average Bonchev–Trinajstić information content (AvgIpc) is 2.81. The Bertz CT molecular complexity index is 877. The molecule has 31 heavy (non-hydrogen) atoms. The quantitative estimate of drug-likeness (QED) is 0.379. The molecule has 0 aliphatic rings. The topological polar surface area (TPSA) is 75.6 Å². The number of esters is 1. The highest BCUT2D eigenvalue weighted by molar-refractivity contribution is 5.77. The summed E-state index contributed by atoms with van der Waals surface area (Å²) < 4.78 is 5.30. The summed E-state index contributed by atoms with van der Waals surface area (Å²) in [5.74, 6) is -1.42. The van der Waals surface area contributed by atoms with E-state index in [2.05, 4.69) is 5.32 Å². The van der Waals surface area contributed by atoms with Gasteiger partial charge >= 0.3 is 11.9 Å². The summed E-state index contributed by atoms with van der Waals surface area (Å²) in [5, 5.41) is 12.8. The smallest absolute Gasteiger partial charge is 0.323 e. The Morgan fingerprint density at radius 2 is 1.26 bits per heavy atom. The standard InChI is InChI=1S/C26H27NO4/c1-2-31-25(30)23(18-19-24(28)29)27-26(20-12-6-3-7-13-20,21-14-8-4-9-15-21)22-16-10-5-11-17-22/h3-17,23,27H,2,18-19H2,1H3,(H,28,29)/t23-/m0/s1. The summed E-state index contributed by atoms with van der Waals surface area (Å²) in [5.41, 5.74) is 1.95. The molecular formula is C26H27NO4. The van der Waals surface area contributed by atoms with Crippen molar-refractivity contribution in [2.24, 2.45) is 0 Å². The van der Waals surface area contributed by atoms with Gasteiger partial charge in [-0.3, -0.25) is 14.9 Å². The van der Waals surface area contributed by atoms with Crippen molar-refractivity contribution in [3.05, 3.63) is 108 Å². The van der Waals surface area contributed by atoms with Gasteiger partial charge in [-0.05, 0) is 30.0 Å². The Labute approximate surface area is 182 Å². The minimum atomic E-state index is -0.958. The molecule has 5 nitrogen and oxygen atoms in total. The van der Waals surface area contributed by atoms with Gasteiger partial charge in [-0.2, -0.15) is 0 Å². The number of carbonyl (C=O) groups is 2. The van der Waals surface area contributed by atoms with Crippen molar-refractivity contribution in [2.75, 3.05) is 6.61 Å². The van der Waals surface area contributed by atoms with E-state index in [1.54, 1.807) is 6.92 Å². The second-order valence-corrected chi connectivity index (χ2v) is 7.23. The van der Waals surface area contributed by atoms with Gasteiger partial charge in [0.1, 0.15) is 6.04 Å². The van der Waals surface area contributed by atoms with Crippen LogP contribution in [0.3, 0.4) is 0 Å². The molecule has 160 valence electrons. The van der Waals surface area contributed by atoms with E-state index in [1.807, 2.05) is 91.0 Å². The number of carbonyl (C=O) groups excluding carboxylic acids is 1. The number of hydrogen-bond donors (Lipinski definition) is 2. The van der Waals surface area contributed by atoms with Crippen LogP contribution in [-0.2, 0) is 19.9 Å². The predicted molar refractivity (Wildman–Crippen MR) is 120 cm³/mol. The van der Waals surface area contributed by atoms with Crippen molar-refractivity contribution in [3.8, 4) is 0 Å². The zero-order valence-corrected chi connectivity index (χ0v) is 17.5. The molecule has 0 heterocycles. The van der Waals surface area contributed by atoms with Crippen LogP contribution in [0.4, 0.5) is 0 Å². The van der Waals surface area contributed by atoms with Crippen LogP contribution < -0.4 is 5.32 Å². The third-order valence-electron chi connectivity index (χ3n) is 5.23. The van der Waals surface area contributed by atoms with Crippen molar-refractivity contribution in [1.29, 1.82) is 0 Å². The van der Waals surface area contributed by atoms with Crippen LogP contribution in [0.15, 0.2) is 91.0 Å². The number of nitrogens with one attached hydrogen (secondary N) is 1. The molecule has 0 aliphatic heterocycles. The number of aliphatic carboxylic acids is 1. The summed E-state index contributed by atoms with van der Waals surface area (Å²) in [6.45, 7) is 1.96. The number of carboxylic acid groups (broad SMARTS) is 1. The fourth-order valence-corrected chi connectivity index (χ4v) is 3.84. The van der Waals surface area contributed by atoms with Gasteiger partial charge in [-0.1, -0.05) is 91.0 Å². The van der Waals surface area contributed by atoms with Gasteiger partial charge in [0, 0.05) is 6.42 Å². The highest BCUT2D eigenvalue weighted by Gasteiger charge is 2.40. The van der Waals surface area contributed by atoms with Gasteiger partial charge in [0.25, 0.3) is 0 Å². The lowest BCUT2D eigenvalue weighted by atomic mass is 9.76. The summed E-state index contributed by atoms with van der Waals surface area (Å²) in [6.07, 6.45) is -0.0344. The molecule has 5 heteroatoms. The molecule has 0 saturated carbocycles. The van der Waals surface area contributed by atoms with Gasteiger partial charge in [0.2, 0.25) is 0 Å². The van der Waals surface area contributed by atoms with E-state index in [0.717, 1.165) is 16.7 Å². The molecule has 0 bridgehead atoms. The Morgan fingerprint density at radius 1 is 0.839 bits per heavy atom. The normalized spacial score (nSPS) is 12.2. The van der Waals surface area contributed by atoms with Crippen LogP contribution in [0.1, 0.15) is 36.5 Å². The van der Waals surface area contributed by atoms with Gasteiger partial charge in [-0.15, -0.1) is 0 Å². The third-order valence-corrected chi connectivity index (χ3v) is 5.23. The lowest BCUT2D eigenvalue weighted by molar-refractivity contribution is -0.146. The van der Waals surface area contributed by atoms with E-state index in [4.69, 9.17) is 4.74 Å². The number of rotatable bonds is 10. The van der Waals surface area contributed by atoms with Crippen molar-refractivity contribution in [1.82, 2.24) is 5.32 Å². The molecule has 0 saturated heterocycles. The number of ether oxygens (including phenoxy) is 1. The Kier molecular flexibility index (Phi) is 7.57. The maximum Gasteiger partial charge on any atom is 0.323 e. The van der Waals surface area contributed by atoms with Crippen molar-refractivity contribution in [2.45, 2.75) is 31.3 Å². The molecule has 3 aromatic carbocycles. The Hall–Kier alpha value is -3.44. The zero-order chi connectivity index (χ0) is 22.1. The van der Waals surface area contributed by atoms with E-state index in [1.165, 1.54) is 0 Å². The number of carboxylic acids is 1. The molecule has 1 atom stereocenters. The summed E-state index contributed by atoms with van der Waals surface area (Å²) >= 11 is 0. The van der Waals surface area contributed by atoms with E-state index < -0.39 is 23.5 Å². The maximum atomic E-state index is 12.8. The summed E-state index contributed by atoms with van der Waals surface area (Å²) in [6, 6.07) is 28.8. The first-order valence-electron chi connectivity index (χ1n) is 10.4. The minimum absolute atomic E-state index is 0.114. The highest BCUT2D eigenvalue weighted by Crippen LogP contribution is 2.37. The van der Waals surface area contributed by atoms with Crippen molar-refractivity contribution >= 4 is 11.9 Å². The van der Waals surface area contributed by atoms with Crippen LogP contribution in [0.25, 0.3) is 0 Å². The van der Waals surface area contributed by atoms with Crippen molar-refractivity contribution < 1.29 is 19.4 Å². The first-order valence-corrected chi connectivity index (χ1v) is 10.4. The number of benzene rings is 3. The molecule has 3 aromatic rings. The second kappa shape index (κ2) is 10.5. The molecule has 0 aromatic heterocycles. The van der Waals surface area contributed by atoms with E-state index in [-0.39, 0.29) is 19.4 Å². The molecular weight excluding hydrogens is 390 g/mol. The number of hydrogen-bond acceptors (Lipinski definition) is 4. The SMILES string of the molecule is CCOC(=O)[C@H](CCC(=O)O)NC(c1ccccc1)(c1ccccc1)c1ccccc1. The molecule has 0 aliphatic carbocycles. The summed E-state index contributed by atoms with van der Waals surface area (Å²) in [4.78, 5) is 24.1. The Balaban J connectivity index is 2.20. The molecule has 0 fully saturated rings. The summed E-state index contributed by atoms with van der Waals surface area (Å²) in [7, 11) is 0. The minimum Gasteiger partial charge on any atom is -0.481 e. The molecule has 0 radical (unpaired) electrons. The van der Waals surface area contributed by atoms with Crippen LogP contribution >= 0.6 is 0 Å². The van der Waals surface area contributed by atoms with Crippen LogP contribution in [0, 0.1) is 0 Å². The first-order chi connectivity index (χ1) is 15.1. The second-order valence-electron chi connectivity index (χ2n) is 7.23. The van der Waals surface area contributed by atoms with Crippen LogP contribution in [0.5, 0.6) is 0 Å². The molecule has 2 N–H and O–H groups in total. The molecule has 0 spiro atoms. The lowest BCUT2D eigenvalue weighted by Crippen LogP contribution is -2.53. The monoisotopic (exact) mass is 417 g/mol. The highest BCUT2D eigenvalue weighted by atomic mass is 16.5. The first kappa shape index (κ1) is 22.2.